The fourth-order valence-electron chi connectivity index (χ4n) is 3.06. The quantitative estimate of drug-likeness (QED) is 0.560. The number of carbonyl (C=O) groups is 2. The molecule has 0 spiro atoms. The van der Waals surface area contributed by atoms with Gasteiger partial charge in [-0.05, 0) is 60.9 Å². The van der Waals surface area contributed by atoms with Gasteiger partial charge in [0.05, 0.1) is 20.3 Å². The first-order valence-corrected chi connectivity index (χ1v) is 8.95. The standard InChI is InChI=1S/C23H22O5/c1-14(2)28-23(25)22-20(24)13-19(15-5-9-17(26-3)10-6-15)21(22)16-7-11-18(27-4)12-8-16/h5-14H,1-4H3. The molecule has 2 aromatic rings. The molecule has 0 radical (unpaired) electrons. The minimum absolute atomic E-state index is 0.0460. The Bertz CT molecular complexity index is 947. The fraction of sp³-hybridized carbons (Fsp3) is 0.217. The minimum atomic E-state index is -0.620. The summed E-state index contributed by atoms with van der Waals surface area (Å²) in [5.74, 6) is 0.422. The summed E-state index contributed by atoms with van der Waals surface area (Å²) in [7, 11) is 3.18. The van der Waals surface area contributed by atoms with Crippen molar-refractivity contribution < 1.29 is 23.8 Å². The van der Waals surface area contributed by atoms with Gasteiger partial charge in [0.15, 0.2) is 5.78 Å². The normalized spacial score (nSPS) is 13.6. The Labute approximate surface area is 164 Å². The molecule has 1 aliphatic carbocycles. The van der Waals surface area contributed by atoms with E-state index in [2.05, 4.69) is 0 Å². The van der Waals surface area contributed by atoms with Crippen molar-refractivity contribution >= 4 is 22.9 Å². The summed E-state index contributed by atoms with van der Waals surface area (Å²) >= 11 is 0. The molecule has 0 aliphatic heterocycles. The van der Waals surface area contributed by atoms with E-state index >= 15 is 0 Å². The summed E-state index contributed by atoms with van der Waals surface area (Å²) in [6.45, 7) is 3.51. The van der Waals surface area contributed by atoms with E-state index in [9.17, 15) is 9.59 Å². The Balaban J connectivity index is 2.14. The van der Waals surface area contributed by atoms with Crippen LogP contribution in [-0.2, 0) is 14.3 Å². The lowest BCUT2D eigenvalue weighted by atomic mass is 9.92. The van der Waals surface area contributed by atoms with E-state index in [0.29, 0.717) is 22.6 Å². The van der Waals surface area contributed by atoms with Crippen molar-refractivity contribution in [3.8, 4) is 11.5 Å². The third kappa shape index (κ3) is 3.83. The van der Waals surface area contributed by atoms with Crippen LogP contribution in [0.4, 0.5) is 0 Å². The highest BCUT2D eigenvalue weighted by Gasteiger charge is 2.33. The molecule has 0 heterocycles. The second-order valence-electron chi connectivity index (χ2n) is 6.58. The highest BCUT2D eigenvalue weighted by Crippen LogP contribution is 2.40. The van der Waals surface area contributed by atoms with Gasteiger partial charge >= 0.3 is 5.97 Å². The second kappa shape index (κ2) is 8.13. The molecular formula is C23H22O5. The highest BCUT2D eigenvalue weighted by atomic mass is 16.5. The lowest BCUT2D eigenvalue weighted by Gasteiger charge is -2.14. The van der Waals surface area contributed by atoms with Crippen molar-refractivity contribution in [3.63, 3.8) is 0 Å². The number of allylic oxidation sites excluding steroid dienone is 3. The monoisotopic (exact) mass is 378 g/mol. The first-order chi connectivity index (χ1) is 13.4. The van der Waals surface area contributed by atoms with E-state index in [1.165, 1.54) is 6.08 Å². The Hall–Kier alpha value is -3.34. The first kappa shape index (κ1) is 19.4. The molecule has 1 aliphatic rings. The van der Waals surface area contributed by atoms with Gasteiger partial charge in [0.1, 0.15) is 17.1 Å². The molecule has 0 amide bonds. The van der Waals surface area contributed by atoms with Crippen LogP contribution < -0.4 is 9.47 Å². The molecule has 0 bridgehead atoms. The Morgan fingerprint density at radius 1 is 0.821 bits per heavy atom. The Morgan fingerprint density at radius 3 is 1.79 bits per heavy atom. The van der Waals surface area contributed by atoms with E-state index in [0.717, 1.165) is 11.1 Å². The molecule has 0 atom stereocenters. The van der Waals surface area contributed by atoms with Crippen molar-refractivity contribution in [3.05, 3.63) is 71.3 Å². The van der Waals surface area contributed by atoms with Gasteiger partial charge in [-0.2, -0.15) is 0 Å². The molecule has 0 unspecified atom stereocenters. The molecule has 0 saturated heterocycles. The number of methoxy groups -OCH3 is 2. The van der Waals surface area contributed by atoms with Gasteiger partial charge in [0, 0.05) is 5.57 Å². The summed E-state index contributed by atoms with van der Waals surface area (Å²) in [6, 6.07) is 14.6. The summed E-state index contributed by atoms with van der Waals surface area (Å²) in [5.41, 5.74) is 2.83. The predicted molar refractivity (Wildman–Crippen MR) is 107 cm³/mol. The molecule has 0 fully saturated rings. The SMILES string of the molecule is COc1ccc(C2=CC(=O)C(C(=O)OC(C)C)=C2c2ccc(OC)cc2)cc1. The van der Waals surface area contributed by atoms with Crippen LogP contribution in [0.1, 0.15) is 25.0 Å². The number of rotatable bonds is 6. The van der Waals surface area contributed by atoms with Crippen molar-refractivity contribution in [2.24, 2.45) is 0 Å². The lowest BCUT2D eigenvalue weighted by molar-refractivity contribution is -0.143. The number of esters is 1. The van der Waals surface area contributed by atoms with Crippen LogP contribution in [0.3, 0.4) is 0 Å². The maximum absolute atomic E-state index is 12.7. The summed E-state index contributed by atoms with van der Waals surface area (Å²) < 4.78 is 15.7. The molecule has 0 aromatic heterocycles. The molecule has 0 N–H and O–H groups in total. The van der Waals surface area contributed by atoms with Crippen molar-refractivity contribution in [2.75, 3.05) is 14.2 Å². The smallest absolute Gasteiger partial charge is 0.343 e. The van der Waals surface area contributed by atoms with Crippen LogP contribution >= 0.6 is 0 Å². The zero-order chi connectivity index (χ0) is 20.3. The average molecular weight is 378 g/mol. The van der Waals surface area contributed by atoms with Gasteiger partial charge < -0.3 is 14.2 Å². The van der Waals surface area contributed by atoms with Crippen molar-refractivity contribution in [1.29, 1.82) is 0 Å². The zero-order valence-corrected chi connectivity index (χ0v) is 16.3. The molecule has 2 aromatic carbocycles. The lowest BCUT2D eigenvalue weighted by Crippen LogP contribution is -2.17. The van der Waals surface area contributed by atoms with Gasteiger partial charge in [0.2, 0.25) is 0 Å². The maximum atomic E-state index is 12.7. The van der Waals surface area contributed by atoms with Crippen LogP contribution in [0.25, 0.3) is 11.1 Å². The summed E-state index contributed by atoms with van der Waals surface area (Å²) in [4.78, 5) is 25.4. The summed E-state index contributed by atoms with van der Waals surface area (Å²) in [6.07, 6.45) is 1.16. The third-order valence-electron chi connectivity index (χ3n) is 4.37. The van der Waals surface area contributed by atoms with Gasteiger partial charge in [-0.3, -0.25) is 4.79 Å². The summed E-state index contributed by atoms with van der Waals surface area (Å²) in [5, 5.41) is 0. The fourth-order valence-corrected chi connectivity index (χ4v) is 3.06. The van der Waals surface area contributed by atoms with E-state index < -0.39 is 5.97 Å². The van der Waals surface area contributed by atoms with E-state index in [4.69, 9.17) is 14.2 Å². The number of ketones is 1. The molecule has 0 saturated carbocycles. The van der Waals surface area contributed by atoms with Gasteiger partial charge in [-0.1, -0.05) is 24.3 Å². The van der Waals surface area contributed by atoms with Gasteiger partial charge in [0.25, 0.3) is 0 Å². The predicted octanol–water partition coefficient (Wildman–Crippen LogP) is 4.08. The molecule has 5 heteroatoms. The van der Waals surface area contributed by atoms with Gasteiger partial charge in [-0.15, -0.1) is 0 Å². The number of benzene rings is 2. The topological polar surface area (TPSA) is 61.8 Å². The van der Waals surface area contributed by atoms with Crippen LogP contribution in [0.2, 0.25) is 0 Å². The molecule has 3 rings (SSSR count). The van der Waals surface area contributed by atoms with E-state index in [1.54, 1.807) is 40.2 Å². The largest absolute Gasteiger partial charge is 0.497 e. The van der Waals surface area contributed by atoms with Crippen LogP contribution in [0.5, 0.6) is 11.5 Å². The number of carbonyl (C=O) groups excluding carboxylic acids is 2. The Kier molecular flexibility index (Phi) is 5.64. The Morgan fingerprint density at radius 2 is 1.32 bits per heavy atom. The van der Waals surface area contributed by atoms with Crippen LogP contribution in [-0.4, -0.2) is 32.1 Å². The zero-order valence-electron chi connectivity index (χ0n) is 16.3. The highest BCUT2D eigenvalue weighted by molar-refractivity contribution is 6.38. The van der Waals surface area contributed by atoms with Crippen LogP contribution in [0, 0.1) is 0 Å². The van der Waals surface area contributed by atoms with Gasteiger partial charge in [-0.25, -0.2) is 4.79 Å². The van der Waals surface area contributed by atoms with Crippen LogP contribution in [0.15, 0.2) is 60.2 Å². The van der Waals surface area contributed by atoms with Crippen molar-refractivity contribution in [2.45, 2.75) is 20.0 Å². The van der Waals surface area contributed by atoms with E-state index in [1.807, 2.05) is 36.4 Å². The van der Waals surface area contributed by atoms with Crippen molar-refractivity contribution in [1.82, 2.24) is 0 Å². The maximum Gasteiger partial charge on any atom is 0.343 e. The minimum Gasteiger partial charge on any atom is -0.497 e. The molecule has 144 valence electrons. The average Bonchev–Trinajstić information content (AvgIpc) is 3.04. The molecule has 5 nitrogen and oxygen atoms in total. The third-order valence-corrected chi connectivity index (χ3v) is 4.37. The molecular weight excluding hydrogens is 356 g/mol. The molecule has 28 heavy (non-hydrogen) atoms. The van der Waals surface area contributed by atoms with E-state index in [-0.39, 0.29) is 17.5 Å². The second-order valence-corrected chi connectivity index (χ2v) is 6.58. The number of hydrogen-bond donors (Lipinski definition) is 0. The number of ether oxygens (including phenoxy) is 3. The number of hydrogen-bond acceptors (Lipinski definition) is 5. The first-order valence-electron chi connectivity index (χ1n) is 8.95.